The molecule has 3 fully saturated rings. The number of aliphatic hydroxyl groups excluding tert-OH is 1. The number of fused-ring (bicyclic) bond motifs is 1. The van der Waals surface area contributed by atoms with E-state index >= 15 is 0 Å². The Labute approximate surface area is 223 Å². The molecule has 1 spiro atoms. The predicted molar refractivity (Wildman–Crippen MR) is 142 cm³/mol. The summed E-state index contributed by atoms with van der Waals surface area (Å²) in [6, 6.07) is 18.7. The van der Waals surface area contributed by atoms with E-state index in [2.05, 4.69) is 26.6 Å². The largest absolute Gasteiger partial charge is 0.396 e. The van der Waals surface area contributed by atoms with E-state index in [0.29, 0.717) is 25.9 Å². The first kappa shape index (κ1) is 25.3. The number of hydrogen-bond donors (Lipinski definition) is 3. The van der Waals surface area contributed by atoms with Gasteiger partial charge in [0.15, 0.2) is 0 Å². The third-order valence-corrected chi connectivity index (χ3v) is 10.7. The molecule has 0 aromatic heterocycles. The minimum atomic E-state index is -0.688. The number of alkyl halides is 1. The topological polar surface area (TPSA) is 98.7 Å². The first-order valence-corrected chi connectivity index (χ1v) is 14.1. The summed E-state index contributed by atoms with van der Waals surface area (Å²) in [6.07, 6.45) is 1.02. The SMILES string of the molecule is O=C(NCc1ccccc1)C1N(CCCO)C(=O)[C@@H]2[C@H](C(=O)NCc3ccccc3)[C@H]3SC12CC3Br. The lowest BCUT2D eigenvalue weighted by Crippen LogP contribution is -2.54. The highest BCUT2D eigenvalue weighted by atomic mass is 79.9. The second-order valence-electron chi connectivity index (χ2n) is 9.68. The number of nitrogens with one attached hydrogen (secondary N) is 2. The average molecular weight is 573 g/mol. The number of likely N-dealkylation sites (tertiary alicyclic amines) is 1. The van der Waals surface area contributed by atoms with E-state index in [0.717, 1.165) is 11.1 Å². The lowest BCUT2D eigenvalue weighted by atomic mass is 9.70. The molecule has 3 heterocycles. The normalized spacial score (nSPS) is 30.3. The Morgan fingerprint density at radius 2 is 1.58 bits per heavy atom. The van der Waals surface area contributed by atoms with Gasteiger partial charge in [0.2, 0.25) is 17.7 Å². The second-order valence-corrected chi connectivity index (χ2v) is 12.4. The molecule has 3 aliphatic rings. The zero-order valence-corrected chi connectivity index (χ0v) is 22.2. The number of rotatable bonds is 9. The lowest BCUT2D eigenvalue weighted by molar-refractivity contribution is -0.140. The van der Waals surface area contributed by atoms with Crippen molar-refractivity contribution in [2.75, 3.05) is 13.2 Å². The highest BCUT2D eigenvalue weighted by Crippen LogP contribution is 2.67. The van der Waals surface area contributed by atoms with Crippen molar-refractivity contribution in [1.29, 1.82) is 0 Å². The molecule has 3 saturated heterocycles. The monoisotopic (exact) mass is 571 g/mol. The van der Waals surface area contributed by atoms with Crippen LogP contribution in [0.5, 0.6) is 0 Å². The molecule has 5 rings (SSSR count). The van der Waals surface area contributed by atoms with Crippen LogP contribution in [0.25, 0.3) is 0 Å². The highest BCUT2D eigenvalue weighted by Gasteiger charge is 2.75. The van der Waals surface area contributed by atoms with E-state index < -0.39 is 22.6 Å². The van der Waals surface area contributed by atoms with Crippen LogP contribution in [0, 0.1) is 11.8 Å². The lowest BCUT2D eigenvalue weighted by Gasteiger charge is -2.35. The molecule has 2 aromatic carbocycles. The molecule has 3 unspecified atom stereocenters. The number of amides is 3. The van der Waals surface area contributed by atoms with Gasteiger partial charge in [-0.3, -0.25) is 14.4 Å². The number of carbonyl (C=O) groups is 3. The first-order chi connectivity index (χ1) is 17.5. The van der Waals surface area contributed by atoms with E-state index in [-0.39, 0.29) is 41.0 Å². The van der Waals surface area contributed by atoms with Crippen molar-refractivity contribution >= 4 is 45.4 Å². The van der Waals surface area contributed by atoms with Gasteiger partial charge in [-0.25, -0.2) is 0 Å². The van der Waals surface area contributed by atoms with Crippen molar-refractivity contribution in [3.63, 3.8) is 0 Å². The Kier molecular flexibility index (Phi) is 7.42. The minimum absolute atomic E-state index is 0.0289. The molecular weight excluding hydrogens is 542 g/mol. The van der Waals surface area contributed by atoms with Gasteiger partial charge in [-0.2, -0.15) is 0 Å². The predicted octanol–water partition coefficient (Wildman–Crippen LogP) is 2.47. The van der Waals surface area contributed by atoms with Gasteiger partial charge in [-0.05, 0) is 24.0 Å². The van der Waals surface area contributed by atoms with Crippen molar-refractivity contribution in [2.45, 2.75) is 46.8 Å². The van der Waals surface area contributed by atoms with Crippen LogP contribution in [0.2, 0.25) is 0 Å². The van der Waals surface area contributed by atoms with Crippen LogP contribution >= 0.6 is 27.7 Å². The van der Waals surface area contributed by atoms with Crippen molar-refractivity contribution in [2.24, 2.45) is 11.8 Å². The molecule has 3 amide bonds. The van der Waals surface area contributed by atoms with Crippen molar-refractivity contribution < 1.29 is 19.5 Å². The van der Waals surface area contributed by atoms with Crippen LogP contribution in [0.1, 0.15) is 24.0 Å². The van der Waals surface area contributed by atoms with Crippen LogP contribution in [-0.2, 0) is 27.5 Å². The molecule has 2 aromatic rings. The Morgan fingerprint density at radius 1 is 1.00 bits per heavy atom. The summed E-state index contributed by atoms with van der Waals surface area (Å²) < 4.78 is -0.680. The maximum absolute atomic E-state index is 13.8. The van der Waals surface area contributed by atoms with E-state index in [9.17, 15) is 19.5 Å². The zero-order valence-electron chi connectivity index (χ0n) is 19.8. The van der Waals surface area contributed by atoms with Crippen LogP contribution in [0.4, 0.5) is 0 Å². The quantitative estimate of drug-likeness (QED) is 0.402. The fraction of sp³-hybridized carbons (Fsp3) is 0.444. The van der Waals surface area contributed by atoms with E-state index in [1.54, 1.807) is 16.7 Å². The van der Waals surface area contributed by atoms with Crippen LogP contribution in [0.15, 0.2) is 60.7 Å². The van der Waals surface area contributed by atoms with Gasteiger partial charge in [-0.1, -0.05) is 76.6 Å². The summed E-state index contributed by atoms with van der Waals surface area (Å²) >= 11 is 5.40. The van der Waals surface area contributed by atoms with Crippen molar-refractivity contribution in [3.05, 3.63) is 71.8 Å². The number of hydrogen-bond acceptors (Lipinski definition) is 5. The smallest absolute Gasteiger partial charge is 0.244 e. The van der Waals surface area contributed by atoms with Gasteiger partial charge in [0.05, 0.1) is 16.6 Å². The van der Waals surface area contributed by atoms with Gasteiger partial charge in [-0.15, -0.1) is 11.8 Å². The molecule has 7 nitrogen and oxygen atoms in total. The Morgan fingerprint density at radius 3 is 2.17 bits per heavy atom. The molecule has 0 aliphatic carbocycles. The number of thioether (sulfide) groups is 1. The molecular formula is C27H30BrN3O4S. The van der Waals surface area contributed by atoms with Gasteiger partial charge in [0, 0.05) is 36.3 Å². The number of benzene rings is 2. The average Bonchev–Trinajstić information content (AvgIpc) is 3.49. The minimum Gasteiger partial charge on any atom is -0.396 e. The fourth-order valence-electron chi connectivity index (χ4n) is 6.00. The summed E-state index contributed by atoms with van der Waals surface area (Å²) in [5, 5.41) is 15.5. The van der Waals surface area contributed by atoms with E-state index in [1.807, 2.05) is 60.7 Å². The standard InChI is InChI=1S/C27H30BrN3O4S/c28-19-14-27-21(20(22(19)36-27)24(33)29-15-17-8-3-1-4-9-17)26(35)31(12-7-13-32)23(27)25(34)30-16-18-10-5-2-6-11-18/h1-6,8-11,19-23,32H,7,12-16H2,(H,29,33)(H,30,34)/t19?,20-,21-,22-,23?,27?/m0/s1. The summed E-state index contributed by atoms with van der Waals surface area (Å²) in [5.41, 5.74) is 1.97. The summed E-state index contributed by atoms with van der Waals surface area (Å²) in [6.45, 7) is 0.973. The van der Waals surface area contributed by atoms with Gasteiger partial charge in [0.25, 0.3) is 0 Å². The molecule has 36 heavy (non-hydrogen) atoms. The third kappa shape index (κ3) is 4.46. The van der Waals surface area contributed by atoms with Crippen LogP contribution in [0.3, 0.4) is 0 Å². The highest BCUT2D eigenvalue weighted by molar-refractivity contribution is 9.09. The second kappa shape index (κ2) is 10.6. The Bertz CT molecular complexity index is 1120. The maximum Gasteiger partial charge on any atom is 0.244 e. The summed E-state index contributed by atoms with van der Waals surface area (Å²) in [4.78, 5) is 42.6. The van der Waals surface area contributed by atoms with Gasteiger partial charge >= 0.3 is 0 Å². The number of halogens is 1. The third-order valence-electron chi connectivity index (χ3n) is 7.52. The molecule has 0 radical (unpaired) electrons. The molecule has 0 saturated carbocycles. The molecule has 3 aliphatic heterocycles. The molecule has 3 N–H and O–H groups in total. The number of carbonyl (C=O) groups excluding carboxylic acids is 3. The molecule has 2 bridgehead atoms. The van der Waals surface area contributed by atoms with Crippen LogP contribution < -0.4 is 10.6 Å². The fourth-order valence-corrected chi connectivity index (χ4v) is 9.61. The van der Waals surface area contributed by atoms with Gasteiger partial charge < -0.3 is 20.6 Å². The maximum atomic E-state index is 13.8. The number of aliphatic hydroxyl groups is 1. The van der Waals surface area contributed by atoms with Crippen molar-refractivity contribution in [3.8, 4) is 0 Å². The van der Waals surface area contributed by atoms with E-state index in [4.69, 9.17) is 0 Å². The molecule has 6 atom stereocenters. The molecule has 190 valence electrons. The van der Waals surface area contributed by atoms with Crippen LogP contribution in [-0.4, -0.2) is 61.7 Å². The summed E-state index contributed by atoms with van der Waals surface area (Å²) in [5.74, 6) is -1.59. The van der Waals surface area contributed by atoms with Crippen molar-refractivity contribution in [1.82, 2.24) is 15.5 Å². The Hall–Kier alpha value is -2.36. The molecule has 9 heteroatoms. The van der Waals surface area contributed by atoms with Gasteiger partial charge in [0.1, 0.15) is 6.04 Å². The Balaban J connectivity index is 1.40. The summed E-state index contributed by atoms with van der Waals surface area (Å²) in [7, 11) is 0. The number of nitrogens with zero attached hydrogens (tertiary/aromatic N) is 1. The van der Waals surface area contributed by atoms with E-state index in [1.165, 1.54) is 0 Å². The zero-order chi connectivity index (χ0) is 25.3. The first-order valence-electron chi connectivity index (χ1n) is 12.3.